The Morgan fingerprint density at radius 1 is 1.18 bits per heavy atom. The molecule has 4 heteroatoms. The van der Waals surface area contributed by atoms with Crippen molar-refractivity contribution in [2.75, 3.05) is 19.8 Å². The van der Waals surface area contributed by atoms with E-state index >= 15 is 0 Å². The molecule has 4 nitrogen and oxygen atoms in total. The van der Waals surface area contributed by atoms with E-state index in [1.54, 1.807) is 6.07 Å². The lowest BCUT2D eigenvalue weighted by molar-refractivity contribution is 0.111. The fraction of sp³-hybridized carbons (Fsp3) is 0.462. The Balaban J connectivity index is 2.24. The van der Waals surface area contributed by atoms with Crippen molar-refractivity contribution in [2.45, 2.75) is 19.3 Å². The van der Waals surface area contributed by atoms with Crippen LogP contribution in [0.2, 0.25) is 0 Å². The van der Waals surface area contributed by atoms with Crippen molar-refractivity contribution in [2.24, 2.45) is 5.73 Å². The third-order valence-corrected chi connectivity index (χ3v) is 2.83. The predicted octanol–water partition coefficient (Wildman–Crippen LogP) is 1.55. The molecule has 2 N–H and O–H groups in total. The lowest BCUT2D eigenvalue weighted by Gasteiger charge is -2.22. The standard InChI is InChI=1S/C13H17NO3/c14-6-2-1-3-10-4-5-11(9-15)13-12(10)16-7-8-17-13/h4-5,9H,1-3,6-8,14H2. The quantitative estimate of drug-likeness (QED) is 0.621. The Morgan fingerprint density at radius 2 is 1.94 bits per heavy atom. The minimum absolute atomic E-state index is 0.500. The van der Waals surface area contributed by atoms with Gasteiger partial charge in [-0.1, -0.05) is 6.07 Å². The average molecular weight is 235 g/mol. The highest BCUT2D eigenvalue weighted by atomic mass is 16.6. The molecule has 2 rings (SSSR count). The first-order chi connectivity index (χ1) is 8.36. The van der Waals surface area contributed by atoms with E-state index in [0.29, 0.717) is 31.1 Å². The second-order valence-electron chi connectivity index (χ2n) is 4.03. The van der Waals surface area contributed by atoms with Gasteiger partial charge in [-0.15, -0.1) is 0 Å². The smallest absolute Gasteiger partial charge is 0.172 e. The molecule has 0 aliphatic carbocycles. The molecule has 0 saturated heterocycles. The summed E-state index contributed by atoms with van der Waals surface area (Å²) in [4.78, 5) is 10.9. The summed E-state index contributed by atoms with van der Waals surface area (Å²) in [6.45, 7) is 1.74. The Morgan fingerprint density at radius 3 is 2.65 bits per heavy atom. The third-order valence-electron chi connectivity index (χ3n) is 2.83. The first kappa shape index (κ1) is 11.9. The second-order valence-corrected chi connectivity index (χ2v) is 4.03. The van der Waals surface area contributed by atoms with Crippen LogP contribution in [0.15, 0.2) is 12.1 Å². The topological polar surface area (TPSA) is 61.6 Å². The van der Waals surface area contributed by atoms with Crippen LogP contribution in [0.3, 0.4) is 0 Å². The largest absolute Gasteiger partial charge is 0.486 e. The highest BCUT2D eigenvalue weighted by Crippen LogP contribution is 2.37. The van der Waals surface area contributed by atoms with E-state index in [1.165, 1.54) is 0 Å². The fourth-order valence-corrected chi connectivity index (χ4v) is 1.96. The van der Waals surface area contributed by atoms with Crippen LogP contribution in [0.5, 0.6) is 11.5 Å². The summed E-state index contributed by atoms with van der Waals surface area (Å²) in [6.07, 6.45) is 3.72. The van der Waals surface area contributed by atoms with Gasteiger partial charge in [-0.2, -0.15) is 0 Å². The summed E-state index contributed by atoms with van der Waals surface area (Å²) in [7, 11) is 0. The van der Waals surface area contributed by atoms with Gasteiger partial charge in [0.25, 0.3) is 0 Å². The molecular weight excluding hydrogens is 218 g/mol. The monoisotopic (exact) mass is 235 g/mol. The normalized spacial score (nSPS) is 13.5. The zero-order valence-electron chi connectivity index (χ0n) is 9.78. The summed E-state index contributed by atoms with van der Waals surface area (Å²) in [6, 6.07) is 3.73. The van der Waals surface area contributed by atoms with Crippen molar-refractivity contribution in [1.82, 2.24) is 0 Å². The summed E-state index contributed by atoms with van der Waals surface area (Å²) < 4.78 is 11.1. The van der Waals surface area contributed by atoms with Crippen molar-refractivity contribution in [1.29, 1.82) is 0 Å². The second kappa shape index (κ2) is 5.68. The van der Waals surface area contributed by atoms with Gasteiger partial charge in [-0.05, 0) is 37.4 Å². The summed E-state index contributed by atoms with van der Waals surface area (Å²) in [5.41, 5.74) is 7.13. The molecule has 1 aliphatic heterocycles. The molecule has 0 bridgehead atoms. The summed E-state index contributed by atoms with van der Waals surface area (Å²) >= 11 is 0. The molecule has 0 spiro atoms. The number of aryl methyl sites for hydroxylation is 1. The molecule has 1 aliphatic rings. The lowest BCUT2D eigenvalue weighted by Crippen LogP contribution is -2.18. The fourth-order valence-electron chi connectivity index (χ4n) is 1.96. The number of carbonyl (C=O) groups excluding carboxylic acids is 1. The van der Waals surface area contributed by atoms with Crippen molar-refractivity contribution in [3.8, 4) is 11.5 Å². The van der Waals surface area contributed by atoms with Crippen molar-refractivity contribution >= 4 is 6.29 Å². The van der Waals surface area contributed by atoms with Gasteiger partial charge in [0.15, 0.2) is 17.8 Å². The number of ether oxygens (including phenoxy) is 2. The van der Waals surface area contributed by atoms with Gasteiger partial charge in [-0.3, -0.25) is 4.79 Å². The molecule has 17 heavy (non-hydrogen) atoms. The number of unbranched alkanes of at least 4 members (excludes halogenated alkanes) is 1. The van der Waals surface area contributed by atoms with Gasteiger partial charge in [-0.25, -0.2) is 0 Å². The predicted molar refractivity (Wildman–Crippen MR) is 64.8 cm³/mol. The van der Waals surface area contributed by atoms with Crippen LogP contribution < -0.4 is 15.2 Å². The van der Waals surface area contributed by atoms with Crippen molar-refractivity contribution < 1.29 is 14.3 Å². The zero-order chi connectivity index (χ0) is 12.1. The first-order valence-corrected chi connectivity index (χ1v) is 5.93. The van der Waals surface area contributed by atoms with Gasteiger partial charge < -0.3 is 15.2 Å². The summed E-state index contributed by atoms with van der Waals surface area (Å²) in [5, 5.41) is 0. The van der Waals surface area contributed by atoms with E-state index in [1.807, 2.05) is 6.07 Å². The maximum atomic E-state index is 10.9. The molecule has 1 heterocycles. The van der Waals surface area contributed by atoms with Crippen LogP contribution in [0, 0.1) is 0 Å². The number of nitrogens with two attached hydrogens (primary N) is 1. The number of aldehydes is 1. The molecule has 0 amide bonds. The maximum Gasteiger partial charge on any atom is 0.172 e. The Bertz CT molecular complexity index is 404. The van der Waals surface area contributed by atoms with Crippen LogP contribution in [-0.2, 0) is 6.42 Å². The highest BCUT2D eigenvalue weighted by molar-refractivity contribution is 5.82. The molecule has 0 radical (unpaired) electrons. The Kier molecular flexibility index (Phi) is 3.98. The number of benzene rings is 1. The molecule has 0 saturated carbocycles. The van der Waals surface area contributed by atoms with Crippen LogP contribution in [0.1, 0.15) is 28.8 Å². The highest BCUT2D eigenvalue weighted by Gasteiger charge is 2.19. The molecule has 92 valence electrons. The lowest BCUT2D eigenvalue weighted by atomic mass is 10.0. The van der Waals surface area contributed by atoms with E-state index < -0.39 is 0 Å². The molecular formula is C13H17NO3. The average Bonchev–Trinajstić information content (AvgIpc) is 2.39. The minimum atomic E-state index is 0.500. The van der Waals surface area contributed by atoms with E-state index in [0.717, 1.165) is 36.9 Å². The Hall–Kier alpha value is -1.55. The van der Waals surface area contributed by atoms with Crippen molar-refractivity contribution in [3.05, 3.63) is 23.3 Å². The summed E-state index contributed by atoms with van der Waals surface area (Å²) in [5.74, 6) is 1.33. The van der Waals surface area contributed by atoms with Gasteiger partial charge >= 0.3 is 0 Å². The van der Waals surface area contributed by atoms with Gasteiger partial charge in [0, 0.05) is 0 Å². The van der Waals surface area contributed by atoms with Gasteiger partial charge in [0.05, 0.1) is 5.56 Å². The molecule has 1 aromatic carbocycles. The first-order valence-electron chi connectivity index (χ1n) is 5.93. The number of hydrogen-bond donors (Lipinski definition) is 1. The maximum absolute atomic E-state index is 10.9. The van der Waals surface area contributed by atoms with Crippen LogP contribution in [-0.4, -0.2) is 26.0 Å². The van der Waals surface area contributed by atoms with Gasteiger partial charge in [0.2, 0.25) is 0 Å². The van der Waals surface area contributed by atoms with E-state index in [-0.39, 0.29) is 0 Å². The number of hydrogen-bond acceptors (Lipinski definition) is 4. The van der Waals surface area contributed by atoms with E-state index in [9.17, 15) is 4.79 Å². The molecule has 0 atom stereocenters. The number of carbonyl (C=O) groups is 1. The number of rotatable bonds is 5. The SMILES string of the molecule is NCCCCc1ccc(C=O)c2c1OCCO2. The molecule has 1 aromatic rings. The Labute approximate surface area is 101 Å². The van der Waals surface area contributed by atoms with Gasteiger partial charge in [0.1, 0.15) is 13.2 Å². The van der Waals surface area contributed by atoms with Crippen LogP contribution in [0.25, 0.3) is 0 Å². The molecule has 0 fully saturated rings. The van der Waals surface area contributed by atoms with E-state index in [4.69, 9.17) is 15.2 Å². The third kappa shape index (κ3) is 2.58. The molecule has 0 unspecified atom stereocenters. The minimum Gasteiger partial charge on any atom is -0.486 e. The number of fused-ring (bicyclic) bond motifs is 1. The zero-order valence-corrected chi connectivity index (χ0v) is 9.78. The van der Waals surface area contributed by atoms with Crippen LogP contribution >= 0.6 is 0 Å². The van der Waals surface area contributed by atoms with Crippen LogP contribution in [0.4, 0.5) is 0 Å². The molecule has 0 aromatic heterocycles. The van der Waals surface area contributed by atoms with Crippen molar-refractivity contribution in [3.63, 3.8) is 0 Å². The van der Waals surface area contributed by atoms with E-state index in [2.05, 4.69) is 0 Å².